The van der Waals surface area contributed by atoms with Crippen molar-refractivity contribution >= 4 is 11.7 Å². The van der Waals surface area contributed by atoms with Gasteiger partial charge < -0.3 is 10.6 Å². The van der Waals surface area contributed by atoms with Crippen molar-refractivity contribution in [2.45, 2.75) is 32.2 Å². The number of aryl methyl sites for hydroxylation is 1. The van der Waals surface area contributed by atoms with Gasteiger partial charge in [-0.3, -0.25) is 9.89 Å². The fourth-order valence-corrected chi connectivity index (χ4v) is 1.81. The molecule has 5 heteroatoms. The zero-order valence-electron chi connectivity index (χ0n) is 8.84. The van der Waals surface area contributed by atoms with Gasteiger partial charge in [0.15, 0.2) is 0 Å². The molecular weight excluding hydrogens is 192 g/mol. The molecule has 82 valence electrons. The van der Waals surface area contributed by atoms with Gasteiger partial charge in [0.1, 0.15) is 5.82 Å². The number of aromatic nitrogens is 2. The summed E-state index contributed by atoms with van der Waals surface area (Å²) in [6, 6.07) is -0.0435. The average molecular weight is 208 g/mol. The fourth-order valence-electron chi connectivity index (χ4n) is 1.81. The summed E-state index contributed by atoms with van der Waals surface area (Å²) in [6.45, 7) is 2.97. The van der Waals surface area contributed by atoms with Gasteiger partial charge in [-0.1, -0.05) is 6.92 Å². The highest BCUT2D eigenvalue weighted by molar-refractivity contribution is 5.94. The van der Waals surface area contributed by atoms with Crippen molar-refractivity contribution in [3.05, 3.63) is 11.8 Å². The van der Waals surface area contributed by atoms with E-state index in [0.29, 0.717) is 0 Å². The Kier molecular flexibility index (Phi) is 3.01. The molecule has 1 aromatic rings. The summed E-state index contributed by atoms with van der Waals surface area (Å²) in [5.74, 6) is 0.766. The first-order valence-corrected chi connectivity index (χ1v) is 5.37. The minimum atomic E-state index is -0.0435. The maximum atomic E-state index is 11.8. The molecule has 0 aromatic carbocycles. The van der Waals surface area contributed by atoms with Crippen LogP contribution in [0.15, 0.2) is 6.20 Å². The van der Waals surface area contributed by atoms with E-state index in [1.54, 1.807) is 6.20 Å². The van der Waals surface area contributed by atoms with Crippen LogP contribution in [0, 0.1) is 0 Å². The standard InChI is InChI=1S/C10H16N4O/c1-2-7-6-12-14-9(7)13-10(15)8-4-3-5-11-8/h6,8,11H,2-5H2,1H3,(H2,12,13,14,15). The highest BCUT2D eigenvalue weighted by Crippen LogP contribution is 2.13. The minimum Gasteiger partial charge on any atom is -0.309 e. The maximum Gasteiger partial charge on any atom is 0.242 e. The Morgan fingerprint density at radius 2 is 2.60 bits per heavy atom. The number of carbonyl (C=O) groups is 1. The zero-order valence-corrected chi connectivity index (χ0v) is 8.84. The second-order valence-electron chi connectivity index (χ2n) is 3.76. The molecule has 0 aliphatic carbocycles. The number of aromatic amines is 1. The molecule has 1 atom stereocenters. The number of nitrogens with one attached hydrogen (secondary N) is 3. The van der Waals surface area contributed by atoms with Crippen LogP contribution in [0.3, 0.4) is 0 Å². The van der Waals surface area contributed by atoms with Crippen LogP contribution < -0.4 is 10.6 Å². The van der Waals surface area contributed by atoms with Crippen LogP contribution in [-0.4, -0.2) is 28.7 Å². The molecule has 0 bridgehead atoms. The predicted molar refractivity (Wildman–Crippen MR) is 57.6 cm³/mol. The van der Waals surface area contributed by atoms with Crippen LogP contribution in [-0.2, 0) is 11.2 Å². The third kappa shape index (κ3) is 2.18. The van der Waals surface area contributed by atoms with Crippen molar-refractivity contribution in [2.75, 3.05) is 11.9 Å². The van der Waals surface area contributed by atoms with E-state index >= 15 is 0 Å². The molecule has 3 N–H and O–H groups in total. The smallest absolute Gasteiger partial charge is 0.242 e. The third-order valence-corrected chi connectivity index (χ3v) is 2.72. The van der Waals surface area contributed by atoms with Crippen LogP contribution >= 0.6 is 0 Å². The maximum absolute atomic E-state index is 11.8. The Hall–Kier alpha value is -1.36. The second-order valence-corrected chi connectivity index (χ2v) is 3.76. The molecule has 1 unspecified atom stereocenters. The molecule has 1 saturated heterocycles. The van der Waals surface area contributed by atoms with Gasteiger partial charge in [-0.25, -0.2) is 0 Å². The zero-order chi connectivity index (χ0) is 10.7. The third-order valence-electron chi connectivity index (χ3n) is 2.72. The van der Waals surface area contributed by atoms with E-state index in [0.717, 1.165) is 37.2 Å². The molecule has 2 heterocycles. The van der Waals surface area contributed by atoms with E-state index in [4.69, 9.17) is 0 Å². The molecule has 15 heavy (non-hydrogen) atoms. The molecule has 1 amide bonds. The lowest BCUT2D eigenvalue weighted by atomic mass is 10.2. The second kappa shape index (κ2) is 4.44. The van der Waals surface area contributed by atoms with E-state index in [-0.39, 0.29) is 11.9 Å². The summed E-state index contributed by atoms with van der Waals surface area (Å²) in [6.07, 6.45) is 4.60. The van der Waals surface area contributed by atoms with Gasteiger partial charge >= 0.3 is 0 Å². The minimum absolute atomic E-state index is 0.0338. The average Bonchev–Trinajstić information content (AvgIpc) is 2.87. The predicted octanol–water partition coefficient (Wildman–Crippen LogP) is 0.663. The number of nitrogens with zero attached hydrogens (tertiary/aromatic N) is 1. The lowest BCUT2D eigenvalue weighted by molar-refractivity contribution is -0.117. The lowest BCUT2D eigenvalue weighted by Crippen LogP contribution is -2.35. The van der Waals surface area contributed by atoms with Crippen molar-refractivity contribution in [1.29, 1.82) is 0 Å². The number of H-pyrrole nitrogens is 1. The van der Waals surface area contributed by atoms with Crippen LogP contribution in [0.2, 0.25) is 0 Å². The number of rotatable bonds is 3. The molecule has 0 spiro atoms. The van der Waals surface area contributed by atoms with Gasteiger partial charge in [0.25, 0.3) is 0 Å². The van der Waals surface area contributed by atoms with Crippen LogP contribution in [0.5, 0.6) is 0 Å². The molecule has 0 radical (unpaired) electrons. The Labute approximate surface area is 88.6 Å². The van der Waals surface area contributed by atoms with E-state index in [9.17, 15) is 4.79 Å². The Morgan fingerprint density at radius 3 is 3.27 bits per heavy atom. The number of anilines is 1. The van der Waals surface area contributed by atoms with Gasteiger partial charge in [0.05, 0.1) is 12.2 Å². The Morgan fingerprint density at radius 1 is 1.73 bits per heavy atom. The topological polar surface area (TPSA) is 69.8 Å². The van der Waals surface area contributed by atoms with Crippen LogP contribution in [0.1, 0.15) is 25.3 Å². The van der Waals surface area contributed by atoms with Gasteiger partial charge in [-0.15, -0.1) is 0 Å². The normalized spacial score (nSPS) is 20.5. The van der Waals surface area contributed by atoms with Gasteiger partial charge in [-0.05, 0) is 25.8 Å². The summed E-state index contributed by atoms with van der Waals surface area (Å²) in [4.78, 5) is 11.8. The molecule has 1 aliphatic rings. The first-order chi connectivity index (χ1) is 7.31. The van der Waals surface area contributed by atoms with E-state index in [2.05, 4.69) is 20.8 Å². The highest BCUT2D eigenvalue weighted by Gasteiger charge is 2.22. The van der Waals surface area contributed by atoms with Crippen LogP contribution in [0.25, 0.3) is 0 Å². The number of hydrogen-bond acceptors (Lipinski definition) is 3. The van der Waals surface area contributed by atoms with E-state index in [1.165, 1.54) is 0 Å². The summed E-state index contributed by atoms with van der Waals surface area (Å²) < 4.78 is 0. The molecular formula is C10H16N4O. The van der Waals surface area contributed by atoms with Gasteiger partial charge in [0, 0.05) is 5.56 Å². The molecule has 1 aliphatic heterocycles. The van der Waals surface area contributed by atoms with E-state index in [1.807, 2.05) is 6.92 Å². The Bertz CT molecular complexity index is 341. The molecule has 1 fully saturated rings. The van der Waals surface area contributed by atoms with Crippen molar-refractivity contribution in [1.82, 2.24) is 15.5 Å². The van der Waals surface area contributed by atoms with Gasteiger partial charge in [0.2, 0.25) is 5.91 Å². The van der Waals surface area contributed by atoms with Crippen molar-refractivity contribution in [2.24, 2.45) is 0 Å². The summed E-state index contributed by atoms with van der Waals surface area (Å²) in [5, 5.41) is 12.7. The first-order valence-electron chi connectivity index (χ1n) is 5.37. The monoisotopic (exact) mass is 208 g/mol. The molecule has 0 saturated carbocycles. The Balaban J connectivity index is 1.98. The summed E-state index contributed by atoms with van der Waals surface area (Å²) in [7, 11) is 0. The number of amides is 1. The van der Waals surface area contributed by atoms with E-state index < -0.39 is 0 Å². The molecule has 1 aromatic heterocycles. The number of carbonyl (C=O) groups excluding carboxylic acids is 1. The van der Waals surface area contributed by atoms with Crippen molar-refractivity contribution < 1.29 is 4.79 Å². The van der Waals surface area contributed by atoms with Gasteiger partial charge in [-0.2, -0.15) is 5.10 Å². The van der Waals surface area contributed by atoms with Crippen molar-refractivity contribution in [3.8, 4) is 0 Å². The molecule has 2 rings (SSSR count). The quantitative estimate of drug-likeness (QED) is 0.683. The number of hydrogen-bond donors (Lipinski definition) is 3. The first kappa shape index (κ1) is 10.2. The lowest BCUT2D eigenvalue weighted by Gasteiger charge is -2.10. The summed E-state index contributed by atoms with van der Waals surface area (Å²) in [5.41, 5.74) is 1.04. The van der Waals surface area contributed by atoms with Crippen LogP contribution in [0.4, 0.5) is 5.82 Å². The fraction of sp³-hybridized carbons (Fsp3) is 0.600. The summed E-state index contributed by atoms with van der Waals surface area (Å²) >= 11 is 0. The SMILES string of the molecule is CCc1cn[nH]c1NC(=O)C1CCCN1. The van der Waals surface area contributed by atoms with Crippen molar-refractivity contribution in [3.63, 3.8) is 0 Å². The highest BCUT2D eigenvalue weighted by atomic mass is 16.2. The largest absolute Gasteiger partial charge is 0.309 e. The molecule has 5 nitrogen and oxygen atoms in total.